The second-order valence-electron chi connectivity index (χ2n) is 4.42. The Kier molecular flexibility index (Phi) is 4.19. The van der Waals surface area contributed by atoms with Crippen LogP contribution in [0, 0.1) is 0 Å². The lowest BCUT2D eigenvalue weighted by Gasteiger charge is -2.34. The molecule has 0 aliphatic carbocycles. The van der Waals surface area contributed by atoms with Gasteiger partial charge in [-0.05, 0) is 41.3 Å². The van der Waals surface area contributed by atoms with E-state index in [-0.39, 0.29) is 24.4 Å². The minimum absolute atomic E-state index is 0.00687. The number of carbonyl (C=O) groups excluding carboxylic acids is 1. The standard InChI is InChI=1S/C12H16BrN3O2/c13-8-5-10(11(14)15-6-8)12(18)16-4-2-1-3-9(16)7-17/h5-6,9,17H,1-4,7H2,(H2,14,15). The number of anilines is 1. The largest absolute Gasteiger partial charge is 0.394 e. The number of nitrogen functional groups attached to an aromatic ring is 1. The van der Waals surface area contributed by atoms with Gasteiger partial charge in [-0.2, -0.15) is 0 Å². The number of aromatic nitrogens is 1. The van der Waals surface area contributed by atoms with E-state index >= 15 is 0 Å². The number of halogens is 1. The molecule has 6 heteroatoms. The molecule has 1 atom stereocenters. The molecule has 1 unspecified atom stereocenters. The molecule has 2 rings (SSSR count). The smallest absolute Gasteiger partial charge is 0.257 e. The third-order valence-corrected chi connectivity index (χ3v) is 3.65. The van der Waals surface area contributed by atoms with E-state index in [4.69, 9.17) is 5.73 Å². The highest BCUT2D eigenvalue weighted by Gasteiger charge is 2.28. The Bertz CT molecular complexity index is 453. The normalized spacial score (nSPS) is 19.9. The topological polar surface area (TPSA) is 79.5 Å². The Balaban J connectivity index is 2.26. The van der Waals surface area contributed by atoms with Gasteiger partial charge in [-0.25, -0.2) is 4.98 Å². The molecule has 5 nitrogen and oxygen atoms in total. The van der Waals surface area contributed by atoms with Gasteiger partial charge in [0.1, 0.15) is 5.82 Å². The van der Waals surface area contributed by atoms with Gasteiger partial charge in [-0.3, -0.25) is 4.79 Å². The zero-order valence-electron chi connectivity index (χ0n) is 9.97. The van der Waals surface area contributed by atoms with Crippen LogP contribution >= 0.6 is 15.9 Å². The van der Waals surface area contributed by atoms with E-state index in [1.54, 1.807) is 17.2 Å². The number of amides is 1. The maximum atomic E-state index is 12.4. The first-order valence-electron chi connectivity index (χ1n) is 5.96. The van der Waals surface area contributed by atoms with Crippen LogP contribution in [0.1, 0.15) is 29.6 Å². The van der Waals surface area contributed by atoms with Crippen molar-refractivity contribution in [3.8, 4) is 0 Å². The molecular weight excluding hydrogens is 298 g/mol. The number of piperidine rings is 1. The summed E-state index contributed by atoms with van der Waals surface area (Å²) in [5.74, 6) is 0.0745. The maximum Gasteiger partial charge on any atom is 0.257 e. The number of nitrogens with zero attached hydrogens (tertiary/aromatic N) is 2. The van der Waals surface area contributed by atoms with Gasteiger partial charge >= 0.3 is 0 Å². The first-order valence-corrected chi connectivity index (χ1v) is 6.75. The molecule has 0 saturated carbocycles. The highest BCUT2D eigenvalue weighted by molar-refractivity contribution is 9.10. The number of rotatable bonds is 2. The van der Waals surface area contributed by atoms with Gasteiger partial charge in [0.15, 0.2) is 0 Å². The predicted molar refractivity (Wildman–Crippen MR) is 72.1 cm³/mol. The van der Waals surface area contributed by atoms with Crippen molar-refractivity contribution in [2.45, 2.75) is 25.3 Å². The van der Waals surface area contributed by atoms with Crippen LogP contribution in [0.4, 0.5) is 5.82 Å². The number of likely N-dealkylation sites (tertiary alicyclic amines) is 1. The summed E-state index contributed by atoms with van der Waals surface area (Å²) in [4.78, 5) is 18.1. The van der Waals surface area contributed by atoms with Gasteiger partial charge in [0.2, 0.25) is 0 Å². The molecule has 1 saturated heterocycles. The molecule has 1 aromatic rings. The summed E-state index contributed by atoms with van der Waals surface area (Å²) in [7, 11) is 0. The molecule has 98 valence electrons. The van der Waals surface area contributed by atoms with Crippen molar-refractivity contribution in [2.24, 2.45) is 0 Å². The fraction of sp³-hybridized carbons (Fsp3) is 0.500. The van der Waals surface area contributed by atoms with Crippen molar-refractivity contribution >= 4 is 27.7 Å². The summed E-state index contributed by atoms with van der Waals surface area (Å²) in [6, 6.07) is 1.57. The number of nitrogens with two attached hydrogens (primary N) is 1. The summed E-state index contributed by atoms with van der Waals surface area (Å²) in [6.45, 7) is 0.656. The molecule has 2 heterocycles. The predicted octanol–water partition coefficient (Wildman–Crippen LogP) is 1.41. The second kappa shape index (κ2) is 5.67. The first kappa shape index (κ1) is 13.3. The van der Waals surface area contributed by atoms with E-state index in [1.807, 2.05) is 0 Å². The van der Waals surface area contributed by atoms with Crippen LogP contribution in [0.5, 0.6) is 0 Å². The summed E-state index contributed by atoms with van der Waals surface area (Å²) in [5.41, 5.74) is 6.14. The molecule has 0 spiro atoms. The first-order chi connectivity index (χ1) is 8.63. The fourth-order valence-corrected chi connectivity index (χ4v) is 2.56. The van der Waals surface area contributed by atoms with Crippen molar-refractivity contribution < 1.29 is 9.90 Å². The van der Waals surface area contributed by atoms with E-state index < -0.39 is 0 Å². The summed E-state index contributed by atoms with van der Waals surface area (Å²) >= 11 is 3.28. The van der Waals surface area contributed by atoms with E-state index in [9.17, 15) is 9.90 Å². The number of pyridine rings is 1. The van der Waals surface area contributed by atoms with Crippen molar-refractivity contribution in [3.05, 3.63) is 22.3 Å². The number of aliphatic hydroxyl groups excluding tert-OH is 1. The maximum absolute atomic E-state index is 12.4. The average molecular weight is 314 g/mol. The molecular formula is C12H16BrN3O2. The lowest BCUT2D eigenvalue weighted by atomic mass is 10.0. The number of carbonyl (C=O) groups is 1. The van der Waals surface area contributed by atoms with Gasteiger partial charge in [0.25, 0.3) is 5.91 Å². The molecule has 3 N–H and O–H groups in total. The molecule has 1 aliphatic rings. The molecule has 1 aliphatic heterocycles. The molecule has 0 radical (unpaired) electrons. The fourth-order valence-electron chi connectivity index (χ4n) is 2.23. The quantitative estimate of drug-likeness (QED) is 0.865. The molecule has 1 fully saturated rings. The number of hydrogen-bond donors (Lipinski definition) is 2. The van der Waals surface area contributed by atoms with Crippen molar-refractivity contribution in [1.29, 1.82) is 0 Å². The Morgan fingerprint density at radius 1 is 1.61 bits per heavy atom. The zero-order valence-corrected chi connectivity index (χ0v) is 11.6. The van der Waals surface area contributed by atoms with E-state index in [0.717, 1.165) is 23.7 Å². The van der Waals surface area contributed by atoms with E-state index in [2.05, 4.69) is 20.9 Å². The number of aliphatic hydroxyl groups is 1. The molecule has 1 aromatic heterocycles. The third-order valence-electron chi connectivity index (χ3n) is 3.21. The van der Waals surface area contributed by atoms with Crippen molar-refractivity contribution in [2.75, 3.05) is 18.9 Å². The highest BCUT2D eigenvalue weighted by Crippen LogP contribution is 2.23. The van der Waals surface area contributed by atoms with Gasteiger partial charge in [0.05, 0.1) is 18.2 Å². The second-order valence-corrected chi connectivity index (χ2v) is 5.33. The Morgan fingerprint density at radius 3 is 3.11 bits per heavy atom. The molecule has 1 amide bonds. The molecule has 18 heavy (non-hydrogen) atoms. The Morgan fingerprint density at radius 2 is 2.39 bits per heavy atom. The molecule has 0 bridgehead atoms. The van der Waals surface area contributed by atoms with Gasteiger partial charge in [0, 0.05) is 17.2 Å². The van der Waals surface area contributed by atoms with Gasteiger partial charge in [-0.1, -0.05) is 0 Å². The van der Waals surface area contributed by atoms with Gasteiger partial charge < -0.3 is 15.7 Å². The molecule has 0 aromatic carbocycles. The lowest BCUT2D eigenvalue weighted by Crippen LogP contribution is -2.45. The van der Waals surface area contributed by atoms with Crippen LogP contribution in [-0.2, 0) is 0 Å². The Labute approximate surface area is 114 Å². The SMILES string of the molecule is Nc1ncc(Br)cc1C(=O)N1CCCCC1CO. The minimum atomic E-state index is -0.153. The van der Waals surface area contributed by atoms with Crippen LogP contribution in [0.15, 0.2) is 16.7 Å². The summed E-state index contributed by atoms with van der Waals surface area (Å²) in [5, 5.41) is 9.33. The van der Waals surface area contributed by atoms with Crippen LogP contribution in [-0.4, -0.2) is 40.1 Å². The van der Waals surface area contributed by atoms with Crippen LogP contribution < -0.4 is 5.73 Å². The third kappa shape index (κ3) is 2.64. The van der Waals surface area contributed by atoms with E-state index in [0.29, 0.717) is 12.1 Å². The number of hydrogen-bond acceptors (Lipinski definition) is 4. The zero-order chi connectivity index (χ0) is 13.1. The van der Waals surface area contributed by atoms with E-state index in [1.165, 1.54) is 0 Å². The Hall–Kier alpha value is -1.14. The minimum Gasteiger partial charge on any atom is -0.394 e. The monoisotopic (exact) mass is 313 g/mol. The van der Waals surface area contributed by atoms with Crippen molar-refractivity contribution in [1.82, 2.24) is 9.88 Å². The van der Waals surface area contributed by atoms with Gasteiger partial charge in [-0.15, -0.1) is 0 Å². The van der Waals surface area contributed by atoms with Crippen LogP contribution in [0.25, 0.3) is 0 Å². The summed E-state index contributed by atoms with van der Waals surface area (Å²) < 4.78 is 0.720. The van der Waals surface area contributed by atoms with Crippen LogP contribution in [0.2, 0.25) is 0 Å². The highest BCUT2D eigenvalue weighted by atomic mass is 79.9. The van der Waals surface area contributed by atoms with Crippen LogP contribution in [0.3, 0.4) is 0 Å². The average Bonchev–Trinajstić information content (AvgIpc) is 2.40. The lowest BCUT2D eigenvalue weighted by molar-refractivity contribution is 0.0503. The summed E-state index contributed by atoms with van der Waals surface area (Å²) in [6.07, 6.45) is 4.40. The van der Waals surface area contributed by atoms with Crippen molar-refractivity contribution in [3.63, 3.8) is 0 Å².